The molecule has 26 heavy (non-hydrogen) atoms. The van der Waals surface area contributed by atoms with Gasteiger partial charge in [0, 0.05) is 12.7 Å². The van der Waals surface area contributed by atoms with Crippen molar-refractivity contribution in [3.8, 4) is 0 Å². The van der Waals surface area contributed by atoms with Gasteiger partial charge in [-0.1, -0.05) is 30.3 Å². The summed E-state index contributed by atoms with van der Waals surface area (Å²) in [5.41, 5.74) is 0.274. The fraction of sp³-hybridized carbons (Fsp3) is 0.444. The molecule has 0 radical (unpaired) electrons. The fourth-order valence-electron chi connectivity index (χ4n) is 2.38. The first-order valence-electron chi connectivity index (χ1n) is 7.99. The minimum absolute atomic E-state index is 0. The predicted octanol–water partition coefficient (Wildman–Crippen LogP) is 1.25. The van der Waals surface area contributed by atoms with Crippen LogP contribution in [0.15, 0.2) is 42.2 Å². The van der Waals surface area contributed by atoms with E-state index in [9.17, 15) is 14.7 Å². The molecule has 0 aliphatic carbocycles. The number of hydrogen-bond donors (Lipinski definition) is 1. The highest BCUT2D eigenvalue weighted by Crippen LogP contribution is 2.22. The first kappa shape index (κ1) is 21.5. The molecule has 144 valence electrons. The predicted molar refractivity (Wildman–Crippen MR) is 94.6 cm³/mol. The van der Waals surface area contributed by atoms with E-state index in [-0.39, 0.29) is 17.7 Å². The summed E-state index contributed by atoms with van der Waals surface area (Å²) >= 11 is 0. The number of ether oxygens (including phenoxy) is 2. The Morgan fingerprint density at radius 3 is 2.38 bits per heavy atom. The molecule has 8 heteroatoms. The summed E-state index contributed by atoms with van der Waals surface area (Å²) in [7, 11) is 1.24. The van der Waals surface area contributed by atoms with Crippen LogP contribution in [0.4, 0.5) is 4.79 Å². The van der Waals surface area contributed by atoms with E-state index in [0.29, 0.717) is 6.54 Å². The Morgan fingerprint density at radius 1 is 1.23 bits per heavy atom. The number of hydrogen-bond acceptors (Lipinski definition) is 6. The summed E-state index contributed by atoms with van der Waals surface area (Å²) in [4.78, 5) is 27.2. The van der Waals surface area contributed by atoms with Crippen LogP contribution in [0.3, 0.4) is 0 Å². The van der Waals surface area contributed by atoms with Crippen LogP contribution in [0.25, 0.3) is 0 Å². The second-order valence-corrected chi connectivity index (χ2v) is 6.74. The number of β-amino-alcohol motifs (C(OH)–C–C–N with tert-alkyl or cyclic N) is 1. The van der Waals surface area contributed by atoms with Crippen molar-refractivity contribution in [1.29, 1.82) is 0 Å². The number of benzene rings is 1. The van der Waals surface area contributed by atoms with Gasteiger partial charge in [0.15, 0.2) is 0 Å². The van der Waals surface area contributed by atoms with Crippen LogP contribution in [0.5, 0.6) is 0 Å². The lowest BCUT2D eigenvalue weighted by Gasteiger charge is -2.38. The molecule has 0 spiro atoms. The van der Waals surface area contributed by atoms with Gasteiger partial charge < -0.3 is 25.0 Å². The van der Waals surface area contributed by atoms with Crippen LogP contribution in [-0.2, 0) is 20.8 Å². The summed E-state index contributed by atoms with van der Waals surface area (Å²) in [6.45, 7) is 5.49. The van der Waals surface area contributed by atoms with E-state index in [1.54, 1.807) is 25.7 Å². The zero-order valence-corrected chi connectivity index (χ0v) is 15.4. The molecular formula is C18H26N2O6. The molecule has 1 aliphatic rings. The van der Waals surface area contributed by atoms with Crippen LogP contribution in [-0.4, -0.2) is 57.9 Å². The number of methoxy groups -OCH3 is 1. The van der Waals surface area contributed by atoms with Crippen molar-refractivity contribution in [2.24, 2.45) is 0 Å². The van der Waals surface area contributed by atoms with Gasteiger partial charge in [0.05, 0.1) is 13.7 Å². The largest absolute Gasteiger partial charge is 0.464 e. The molecule has 8 nitrogen and oxygen atoms in total. The van der Waals surface area contributed by atoms with Crippen LogP contribution in [0.2, 0.25) is 0 Å². The van der Waals surface area contributed by atoms with Crippen LogP contribution in [0, 0.1) is 0 Å². The van der Waals surface area contributed by atoms with Crippen molar-refractivity contribution in [3.05, 3.63) is 47.8 Å². The average molecular weight is 366 g/mol. The molecule has 0 saturated carbocycles. The highest BCUT2D eigenvalue weighted by Gasteiger charge is 2.35. The molecule has 1 heterocycles. The number of aliphatic hydroxyl groups excluding tert-OH is 1. The number of carbonyl (C=O) groups excluding carboxylic acids is 2. The van der Waals surface area contributed by atoms with Crippen molar-refractivity contribution >= 4 is 12.1 Å². The molecule has 1 aromatic rings. The summed E-state index contributed by atoms with van der Waals surface area (Å²) < 4.78 is 10.1. The van der Waals surface area contributed by atoms with E-state index in [1.165, 1.54) is 13.3 Å². The number of rotatable bonds is 3. The van der Waals surface area contributed by atoms with Crippen LogP contribution in [0.1, 0.15) is 26.3 Å². The monoisotopic (exact) mass is 366 g/mol. The lowest BCUT2D eigenvalue weighted by molar-refractivity contribution is -0.139. The molecule has 1 amide bonds. The van der Waals surface area contributed by atoms with Crippen LogP contribution < -0.4 is 0 Å². The van der Waals surface area contributed by atoms with Gasteiger partial charge >= 0.3 is 12.1 Å². The van der Waals surface area contributed by atoms with Crippen molar-refractivity contribution < 1.29 is 29.6 Å². The smallest absolute Gasteiger partial charge is 0.415 e. The second kappa shape index (κ2) is 8.68. The number of esters is 1. The molecule has 0 fully saturated rings. The zero-order chi connectivity index (χ0) is 18.6. The van der Waals surface area contributed by atoms with Crippen molar-refractivity contribution in [2.75, 3.05) is 13.7 Å². The third-order valence-electron chi connectivity index (χ3n) is 3.52. The van der Waals surface area contributed by atoms with Crippen molar-refractivity contribution in [3.63, 3.8) is 0 Å². The maximum absolute atomic E-state index is 12.4. The van der Waals surface area contributed by atoms with Gasteiger partial charge in [-0.15, -0.1) is 0 Å². The summed E-state index contributed by atoms with van der Waals surface area (Å²) in [5.74, 6) is -0.671. The molecule has 0 unspecified atom stereocenters. The molecule has 0 aromatic heterocycles. The van der Waals surface area contributed by atoms with Crippen LogP contribution >= 0.6 is 0 Å². The number of nitrogens with zero attached hydrogens (tertiary/aromatic N) is 2. The first-order valence-corrected chi connectivity index (χ1v) is 7.99. The minimum atomic E-state index is -0.971. The normalized spacial score (nSPS) is 17.1. The minimum Gasteiger partial charge on any atom is -0.464 e. The van der Waals surface area contributed by atoms with Crippen molar-refractivity contribution in [1.82, 2.24) is 9.80 Å². The average Bonchev–Trinajstić information content (AvgIpc) is 2.55. The second-order valence-electron chi connectivity index (χ2n) is 6.74. The van der Waals surface area contributed by atoms with Gasteiger partial charge in [-0.25, -0.2) is 9.59 Å². The number of aliphatic hydroxyl groups is 1. The molecule has 1 atom stereocenters. The lowest BCUT2D eigenvalue weighted by atomic mass is 10.2. The SMILES string of the molecule is COC(=O)C1=CN(Cc2ccccc2)[C@H](O)CN1C(=O)OC(C)(C)C.O. The maximum atomic E-state index is 12.4. The van der Waals surface area contributed by atoms with E-state index in [2.05, 4.69) is 0 Å². The van der Waals surface area contributed by atoms with Gasteiger partial charge in [-0.3, -0.25) is 4.90 Å². The number of carbonyl (C=O) groups is 2. The van der Waals surface area contributed by atoms with E-state index in [0.717, 1.165) is 10.5 Å². The topological polar surface area (TPSA) is 111 Å². The Morgan fingerprint density at radius 2 is 1.85 bits per heavy atom. The van der Waals surface area contributed by atoms with Gasteiger partial charge in [-0.2, -0.15) is 0 Å². The molecular weight excluding hydrogens is 340 g/mol. The van der Waals surface area contributed by atoms with E-state index in [4.69, 9.17) is 9.47 Å². The Kier molecular flexibility index (Phi) is 7.17. The van der Waals surface area contributed by atoms with Crippen molar-refractivity contribution in [2.45, 2.75) is 39.1 Å². The third kappa shape index (κ3) is 5.47. The Labute approximate surface area is 152 Å². The van der Waals surface area contributed by atoms with Gasteiger partial charge in [-0.05, 0) is 26.3 Å². The molecule has 1 aliphatic heterocycles. The molecule has 2 rings (SSSR count). The first-order chi connectivity index (χ1) is 11.7. The highest BCUT2D eigenvalue weighted by molar-refractivity contribution is 5.92. The Balaban J connectivity index is 0.00000338. The van der Waals surface area contributed by atoms with Gasteiger partial charge in [0.25, 0.3) is 0 Å². The molecule has 3 N–H and O–H groups in total. The summed E-state index contributed by atoms with van der Waals surface area (Å²) in [6.07, 6.45) is -0.250. The quantitative estimate of drug-likeness (QED) is 0.806. The summed E-state index contributed by atoms with van der Waals surface area (Å²) in [6, 6.07) is 9.51. The fourth-order valence-corrected chi connectivity index (χ4v) is 2.38. The number of amides is 1. The maximum Gasteiger partial charge on any atom is 0.415 e. The Hall–Kier alpha value is -2.58. The molecule has 1 aromatic carbocycles. The van der Waals surface area contributed by atoms with E-state index >= 15 is 0 Å². The lowest BCUT2D eigenvalue weighted by Crippen LogP contribution is -2.50. The standard InChI is InChI=1S/C18H24N2O5.H2O/c1-18(2,3)25-17(23)20-12-15(21)19(11-14(20)16(22)24-4)10-13-8-6-5-7-9-13;/h5-9,11,15,21H,10,12H2,1-4H3;1H2/t15-;/m1./s1. The van der Waals surface area contributed by atoms with Gasteiger partial charge in [0.1, 0.15) is 17.5 Å². The van der Waals surface area contributed by atoms with E-state index in [1.807, 2.05) is 30.3 Å². The summed E-state index contributed by atoms with van der Waals surface area (Å²) in [5, 5.41) is 10.4. The molecule has 0 saturated heterocycles. The van der Waals surface area contributed by atoms with E-state index < -0.39 is 23.9 Å². The zero-order valence-electron chi connectivity index (χ0n) is 15.4. The highest BCUT2D eigenvalue weighted by atomic mass is 16.6. The van der Waals surface area contributed by atoms with Gasteiger partial charge in [0.2, 0.25) is 0 Å². The third-order valence-corrected chi connectivity index (χ3v) is 3.52. The molecule has 0 bridgehead atoms. The Bertz CT molecular complexity index is 653.